The predicted octanol–water partition coefficient (Wildman–Crippen LogP) is 5.64. The Morgan fingerprint density at radius 3 is 2.55 bits per heavy atom. The SMILES string of the molecule is CCOc1c2c(nc3ccccc13)O[C@@H]1C[C@@H](C(=O)O)N(C1)C(=O)[C@H](C1CCCC1)NC(=O)O[C@@H]1CCC[C@H]1CCCCC2. The van der Waals surface area contributed by atoms with Crippen LogP contribution in [0.2, 0.25) is 0 Å². The molecule has 10 nitrogen and oxygen atoms in total. The normalized spacial score (nSPS) is 28.8. The minimum absolute atomic E-state index is 0.0584. The number of aliphatic carboxylic acids is 1. The number of hydrogen-bond acceptors (Lipinski definition) is 7. The van der Waals surface area contributed by atoms with Gasteiger partial charge in [-0.1, -0.05) is 37.8 Å². The molecule has 238 valence electrons. The van der Waals surface area contributed by atoms with Crippen LogP contribution in [0.5, 0.6) is 11.6 Å². The summed E-state index contributed by atoms with van der Waals surface area (Å²) in [5.41, 5.74) is 1.63. The summed E-state index contributed by atoms with van der Waals surface area (Å²) in [6.45, 7) is 2.55. The number of nitrogens with zero attached hydrogens (tertiary/aromatic N) is 2. The summed E-state index contributed by atoms with van der Waals surface area (Å²) in [6, 6.07) is 5.93. The van der Waals surface area contributed by atoms with Crippen LogP contribution in [0.3, 0.4) is 0 Å². The Kier molecular flexibility index (Phi) is 9.42. The third-order valence-corrected chi connectivity index (χ3v) is 10.1. The summed E-state index contributed by atoms with van der Waals surface area (Å²) in [5.74, 6) is -0.0111. The molecule has 2 aliphatic heterocycles. The van der Waals surface area contributed by atoms with Gasteiger partial charge in [0.25, 0.3) is 0 Å². The highest BCUT2D eigenvalue weighted by molar-refractivity contribution is 5.90. The zero-order chi connectivity index (χ0) is 30.6. The molecule has 3 heterocycles. The van der Waals surface area contributed by atoms with Gasteiger partial charge in [-0.3, -0.25) is 4.79 Å². The number of para-hydroxylation sites is 1. The largest absolute Gasteiger partial charge is 0.493 e. The van der Waals surface area contributed by atoms with Crippen LogP contribution in [0.1, 0.15) is 89.5 Å². The summed E-state index contributed by atoms with van der Waals surface area (Å²) < 4.78 is 18.7. The summed E-state index contributed by atoms with van der Waals surface area (Å²) in [4.78, 5) is 46.1. The maximum absolute atomic E-state index is 14.1. The maximum Gasteiger partial charge on any atom is 0.408 e. The molecule has 0 spiro atoms. The first-order valence-corrected chi connectivity index (χ1v) is 16.6. The zero-order valence-corrected chi connectivity index (χ0v) is 25.7. The van der Waals surface area contributed by atoms with Crippen LogP contribution >= 0.6 is 0 Å². The minimum atomic E-state index is -1.08. The second-order valence-corrected chi connectivity index (χ2v) is 12.9. The summed E-state index contributed by atoms with van der Waals surface area (Å²) in [5, 5.41) is 14.0. The molecular formula is C34H45N3O7. The Morgan fingerprint density at radius 2 is 1.75 bits per heavy atom. The third kappa shape index (κ3) is 6.44. The maximum atomic E-state index is 14.1. The van der Waals surface area contributed by atoms with Crippen molar-refractivity contribution in [3.05, 3.63) is 29.8 Å². The highest BCUT2D eigenvalue weighted by Gasteiger charge is 2.46. The van der Waals surface area contributed by atoms with Crippen molar-refractivity contribution in [1.82, 2.24) is 15.2 Å². The second-order valence-electron chi connectivity index (χ2n) is 12.9. The van der Waals surface area contributed by atoms with Gasteiger partial charge in [0, 0.05) is 11.8 Å². The van der Waals surface area contributed by atoms with Crippen molar-refractivity contribution in [1.29, 1.82) is 0 Å². The van der Waals surface area contributed by atoms with Gasteiger partial charge < -0.3 is 29.5 Å². The van der Waals surface area contributed by atoms with Crippen molar-refractivity contribution < 1.29 is 33.7 Å². The van der Waals surface area contributed by atoms with Gasteiger partial charge in [0.1, 0.15) is 30.0 Å². The van der Waals surface area contributed by atoms with E-state index in [1.54, 1.807) is 0 Å². The Morgan fingerprint density at radius 1 is 1.00 bits per heavy atom. The van der Waals surface area contributed by atoms with E-state index >= 15 is 0 Å². The molecule has 10 heteroatoms. The second kappa shape index (κ2) is 13.6. The Hall–Kier alpha value is -3.56. The number of carbonyl (C=O) groups excluding carboxylic acids is 2. The molecule has 6 rings (SSSR count). The fraction of sp³-hybridized carbons (Fsp3) is 0.647. The number of fused-ring (bicyclic) bond motifs is 5. The highest BCUT2D eigenvalue weighted by Crippen LogP contribution is 2.39. The van der Waals surface area contributed by atoms with Gasteiger partial charge >= 0.3 is 12.1 Å². The first kappa shape index (κ1) is 30.5. The molecule has 0 unspecified atom stereocenters. The van der Waals surface area contributed by atoms with Gasteiger partial charge in [0.2, 0.25) is 11.8 Å². The molecule has 5 atom stereocenters. The smallest absolute Gasteiger partial charge is 0.408 e. The molecule has 1 saturated heterocycles. The van der Waals surface area contributed by atoms with Gasteiger partial charge in [-0.2, -0.15) is 0 Å². The van der Waals surface area contributed by atoms with E-state index < -0.39 is 30.3 Å². The van der Waals surface area contributed by atoms with E-state index in [2.05, 4.69) is 5.32 Å². The number of rotatable bonds is 4. The van der Waals surface area contributed by atoms with Crippen molar-refractivity contribution in [3.8, 4) is 11.6 Å². The predicted molar refractivity (Wildman–Crippen MR) is 164 cm³/mol. The molecule has 2 amide bonds. The molecule has 2 saturated carbocycles. The summed E-state index contributed by atoms with van der Waals surface area (Å²) in [6.07, 6.45) is 9.88. The number of carbonyl (C=O) groups is 3. The Labute approximate surface area is 258 Å². The lowest BCUT2D eigenvalue weighted by atomic mass is 9.96. The van der Waals surface area contributed by atoms with E-state index in [0.717, 1.165) is 92.8 Å². The van der Waals surface area contributed by atoms with Gasteiger partial charge in [-0.25, -0.2) is 14.6 Å². The average molecular weight is 608 g/mol. The van der Waals surface area contributed by atoms with Crippen molar-refractivity contribution in [2.75, 3.05) is 13.2 Å². The van der Waals surface area contributed by atoms with E-state index in [4.69, 9.17) is 19.2 Å². The molecule has 2 aromatic rings. The van der Waals surface area contributed by atoms with Crippen LogP contribution in [0.4, 0.5) is 4.79 Å². The monoisotopic (exact) mass is 607 g/mol. The lowest BCUT2D eigenvalue weighted by molar-refractivity contribution is -0.149. The van der Waals surface area contributed by atoms with Crippen LogP contribution in [-0.2, 0) is 20.7 Å². The van der Waals surface area contributed by atoms with Gasteiger partial charge in [0.05, 0.1) is 24.2 Å². The molecule has 44 heavy (non-hydrogen) atoms. The Bertz CT molecular complexity index is 1360. The van der Waals surface area contributed by atoms with E-state index in [0.29, 0.717) is 24.8 Å². The average Bonchev–Trinajstić information content (AvgIpc) is 3.78. The zero-order valence-electron chi connectivity index (χ0n) is 25.7. The van der Waals surface area contributed by atoms with Crippen molar-refractivity contribution in [2.45, 2.75) is 115 Å². The van der Waals surface area contributed by atoms with Crippen LogP contribution in [-0.4, -0.2) is 70.4 Å². The molecule has 2 aliphatic carbocycles. The number of ether oxygens (including phenoxy) is 3. The Balaban J connectivity index is 1.36. The third-order valence-electron chi connectivity index (χ3n) is 10.1. The van der Waals surface area contributed by atoms with Crippen molar-refractivity contribution >= 4 is 28.9 Å². The standard InChI is InChI=1S/C34H45N3O7/c1-2-42-30-24-15-8-9-17-26(24)35-31-25(30)16-5-3-4-11-21-14-10-18-28(21)44-34(41)36-29(22-12-6-7-13-22)32(38)37-20-23(43-31)19-27(37)33(39)40/h8-9,15,17,21-23,27-29H,2-7,10-14,16,18-20H2,1H3,(H,36,41)(H,39,40)/t21-,23-,27+,28-,29+/m1/s1. The highest BCUT2D eigenvalue weighted by atomic mass is 16.6. The molecule has 2 bridgehead atoms. The first-order chi connectivity index (χ1) is 21.4. The quantitative estimate of drug-likeness (QED) is 0.458. The number of carboxylic acids is 1. The van der Waals surface area contributed by atoms with Crippen molar-refractivity contribution in [2.24, 2.45) is 11.8 Å². The first-order valence-electron chi connectivity index (χ1n) is 16.6. The molecular weight excluding hydrogens is 562 g/mol. The minimum Gasteiger partial charge on any atom is -0.493 e. The molecule has 0 radical (unpaired) electrons. The lowest BCUT2D eigenvalue weighted by Crippen LogP contribution is -2.55. The number of hydrogen-bond donors (Lipinski definition) is 2. The fourth-order valence-corrected chi connectivity index (χ4v) is 7.87. The number of benzene rings is 1. The molecule has 1 aromatic carbocycles. The van der Waals surface area contributed by atoms with E-state index in [-0.39, 0.29) is 30.9 Å². The number of pyridine rings is 1. The van der Waals surface area contributed by atoms with Crippen LogP contribution in [0.25, 0.3) is 10.9 Å². The lowest BCUT2D eigenvalue weighted by Gasteiger charge is -2.31. The molecule has 2 N–H and O–H groups in total. The van der Waals surface area contributed by atoms with Crippen LogP contribution in [0, 0.1) is 11.8 Å². The molecule has 3 fully saturated rings. The number of aromatic nitrogens is 1. The van der Waals surface area contributed by atoms with E-state index in [1.165, 1.54) is 4.90 Å². The number of nitrogens with one attached hydrogen (secondary N) is 1. The number of amides is 2. The van der Waals surface area contributed by atoms with Gasteiger partial charge in [-0.05, 0) is 82.3 Å². The fourth-order valence-electron chi connectivity index (χ4n) is 7.87. The van der Waals surface area contributed by atoms with Crippen molar-refractivity contribution in [3.63, 3.8) is 0 Å². The number of carboxylic acid groups (broad SMARTS) is 1. The topological polar surface area (TPSA) is 127 Å². The van der Waals surface area contributed by atoms with Gasteiger partial charge in [-0.15, -0.1) is 0 Å². The molecule has 1 aromatic heterocycles. The van der Waals surface area contributed by atoms with Crippen LogP contribution < -0.4 is 14.8 Å². The molecule has 4 aliphatic rings. The summed E-state index contributed by atoms with van der Waals surface area (Å²) >= 11 is 0. The van der Waals surface area contributed by atoms with E-state index in [1.807, 2.05) is 31.2 Å². The summed E-state index contributed by atoms with van der Waals surface area (Å²) in [7, 11) is 0. The van der Waals surface area contributed by atoms with Gasteiger partial charge in [0.15, 0.2) is 0 Å². The number of alkyl carbamates (subject to hydrolysis) is 1. The van der Waals surface area contributed by atoms with E-state index in [9.17, 15) is 19.5 Å². The van der Waals surface area contributed by atoms with Crippen LogP contribution in [0.15, 0.2) is 24.3 Å².